The van der Waals surface area contributed by atoms with Crippen molar-refractivity contribution in [3.05, 3.63) is 29.8 Å². The van der Waals surface area contributed by atoms with Gasteiger partial charge in [-0.1, -0.05) is 17.7 Å². The van der Waals surface area contributed by atoms with Crippen molar-refractivity contribution in [1.82, 2.24) is 0 Å². The second-order valence-electron chi connectivity index (χ2n) is 5.90. The van der Waals surface area contributed by atoms with Crippen LogP contribution >= 0.6 is 0 Å². The molecule has 7 atom stereocenters. The van der Waals surface area contributed by atoms with E-state index in [1.54, 1.807) is 12.1 Å². The molecule has 0 aromatic heterocycles. The standard InChI is InChI=1S/C14H16O8S/c1-6-2-4-7(5-3-6)23(17,18)22-13-11-8(15)10-9(16)12(13)21-14(19-10)20-11/h2-5,8-16H,1H3/t8-,9-,10?,11-,12+,13?,14?/m0/s1. The molecule has 3 unspecified atom stereocenters. The van der Waals surface area contributed by atoms with E-state index in [1.807, 2.05) is 6.92 Å². The minimum atomic E-state index is -4.09. The van der Waals surface area contributed by atoms with Crippen LogP contribution in [0.25, 0.3) is 0 Å². The molecule has 9 heteroatoms. The molecule has 0 amide bonds. The molecule has 4 aliphatic rings. The molecule has 23 heavy (non-hydrogen) atoms. The maximum atomic E-state index is 12.4. The molecule has 3 aliphatic heterocycles. The summed E-state index contributed by atoms with van der Waals surface area (Å²) in [7, 11) is -4.09. The van der Waals surface area contributed by atoms with Crippen LogP contribution in [-0.4, -0.2) is 61.7 Å². The molecule has 4 bridgehead atoms. The average Bonchev–Trinajstić information content (AvgIpc) is 2.51. The fourth-order valence-corrected chi connectivity index (χ4v) is 4.22. The van der Waals surface area contributed by atoms with Crippen LogP contribution in [0.4, 0.5) is 0 Å². The summed E-state index contributed by atoms with van der Waals surface area (Å²) >= 11 is 0. The van der Waals surface area contributed by atoms with E-state index >= 15 is 0 Å². The summed E-state index contributed by atoms with van der Waals surface area (Å²) in [4.78, 5) is -0.0165. The van der Waals surface area contributed by atoms with Crippen LogP contribution in [-0.2, 0) is 28.5 Å². The monoisotopic (exact) mass is 344 g/mol. The summed E-state index contributed by atoms with van der Waals surface area (Å²) in [6.07, 6.45) is -6.30. The third-order valence-electron chi connectivity index (χ3n) is 4.35. The van der Waals surface area contributed by atoms with Crippen LogP contribution in [0.5, 0.6) is 0 Å². The van der Waals surface area contributed by atoms with Crippen LogP contribution in [0.2, 0.25) is 0 Å². The Labute approximate surface area is 132 Å². The summed E-state index contributed by atoms with van der Waals surface area (Å²) in [5.74, 6) is 0. The highest BCUT2D eigenvalue weighted by Crippen LogP contribution is 2.41. The molecule has 1 saturated carbocycles. The molecule has 4 fully saturated rings. The Bertz CT molecular complexity index is 682. The largest absolute Gasteiger partial charge is 0.387 e. The fourth-order valence-electron chi connectivity index (χ4n) is 3.13. The lowest BCUT2D eigenvalue weighted by molar-refractivity contribution is -0.478. The van der Waals surface area contributed by atoms with E-state index in [4.69, 9.17) is 18.4 Å². The number of hydrogen-bond acceptors (Lipinski definition) is 8. The quantitative estimate of drug-likeness (QED) is 0.691. The van der Waals surface area contributed by atoms with Crippen LogP contribution in [0, 0.1) is 6.92 Å². The number of aliphatic hydroxyl groups excluding tert-OH is 2. The minimum absolute atomic E-state index is 0.0165. The first kappa shape index (κ1) is 15.5. The van der Waals surface area contributed by atoms with Gasteiger partial charge in [0.1, 0.15) is 36.6 Å². The summed E-state index contributed by atoms with van der Waals surface area (Å²) in [5, 5.41) is 20.3. The topological polar surface area (TPSA) is 112 Å². The average molecular weight is 344 g/mol. The zero-order valence-corrected chi connectivity index (χ0v) is 12.9. The SMILES string of the molecule is Cc1ccc(S(=O)(=O)OC2[C@H]3OC4OC([C@@H]3O)[C@H](O)[C@H]2O4)cc1. The molecule has 1 aromatic carbocycles. The molecule has 3 heterocycles. The van der Waals surface area contributed by atoms with E-state index in [0.29, 0.717) is 0 Å². The fraction of sp³-hybridized carbons (Fsp3) is 0.571. The van der Waals surface area contributed by atoms with Crippen molar-refractivity contribution in [1.29, 1.82) is 0 Å². The van der Waals surface area contributed by atoms with E-state index in [1.165, 1.54) is 12.1 Å². The predicted octanol–water partition coefficient (Wildman–Crippen LogP) is -0.729. The second-order valence-corrected chi connectivity index (χ2v) is 7.47. The van der Waals surface area contributed by atoms with E-state index in [9.17, 15) is 18.6 Å². The normalized spacial score (nSPS) is 42.1. The zero-order valence-electron chi connectivity index (χ0n) is 12.1. The summed E-state index contributed by atoms with van der Waals surface area (Å²) in [6, 6.07) is 6.16. The van der Waals surface area contributed by atoms with Gasteiger partial charge < -0.3 is 24.4 Å². The third kappa shape index (κ3) is 2.40. The predicted molar refractivity (Wildman–Crippen MR) is 73.7 cm³/mol. The van der Waals surface area contributed by atoms with Gasteiger partial charge in [0, 0.05) is 0 Å². The van der Waals surface area contributed by atoms with Gasteiger partial charge in [-0.05, 0) is 19.1 Å². The van der Waals surface area contributed by atoms with Gasteiger partial charge in [-0.15, -0.1) is 0 Å². The lowest BCUT2D eigenvalue weighted by Crippen LogP contribution is -2.75. The van der Waals surface area contributed by atoms with E-state index in [-0.39, 0.29) is 4.90 Å². The van der Waals surface area contributed by atoms with Crippen LogP contribution < -0.4 is 0 Å². The lowest BCUT2D eigenvalue weighted by atomic mass is 9.83. The molecule has 2 N–H and O–H groups in total. The van der Waals surface area contributed by atoms with Crippen molar-refractivity contribution >= 4 is 10.1 Å². The first-order chi connectivity index (χ1) is 10.9. The molecule has 0 spiro atoms. The van der Waals surface area contributed by atoms with Gasteiger partial charge in [0.25, 0.3) is 16.6 Å². The Hall–Kier alpha value is -1.07. The molecule has 3 saturated heterocycles. The Morgan fingerprint density at radius 3 is 2.04 bits per heavy atom. The number of hydrogen-bond donors (Lipinski definition) is 2. The summed E-state index contributed by atoms with van der Waals surface area (Å²) in [6.45, 7) is 0.812. The number of aryl methyl sites for hydroxylation is 1. The Balaban J connectivity index is 1.62. The van der Waals surface area contributed by atoms with Crippen molar-refractivity contribution in [2.24, 2.45) is 0 Å². The van der Waals surface area contributed by atoms with Gasteiger partial charge in [-0.3, -0.25) is 4.18 Å². The minimum Gasteiger partial charge on any atom is -0.387 e. The van der Waals surface area contributed by atoms with Crippen molar-refractivity contribution in [3.63, 3.8) is 0 Å². The lowest BCUT2D eigenvalue weighted by Gasteiger charge is -2.56. The molecule has 0 radical (unpaired) electrons. The Kier molecular flexibility index (Phi) is 3.50. The second kappa shape index (κ2) is 5.21. The van der Waals surface area contributed by atoms with Gasteiger partial charge in [0.15, 0.2) is 0 Å². The van der Waals surface area contributed by atoms with Crippen molar-refractivity contribution in [3.8, 4) is 0 Å². The molecule has 1 aliphatic carbocycles. The first-order valence-corrected chi connectivity index (χ1v) is 8.60. The molecular weight excluding hydrogens is 328 g/mol. The molecule has 5 rings (SSSR count). The van der Waals surface area contributed by atoms with Gasteiger partial charge in [-0.2, -0.15) is 8.42 Å². The smallest absolute Gasteiger partial charge is 0.297 e. The van der Waals surface area contributed by atoms with E-state index in [0.717, 1.165) is 5.56 Å². The van der Waals surface area contributed by atoms with Gasteiger partial charge >= 0.3 is 0 Å². The highest BCUT2D eigenvalue weighted by atomic mass is 32.2. The van der Waals surface area contributed by atoms with Crippen LogP contribution in [0.15, 0.2) is 29.2 Å². The van der Waals surface area contributed by atoms with Gasteiger partial charge in [-0.25, -0.2) is 0 Å². The first-order valence-electron chi connectivity index (χ1n) is 7.19. The molecule has 126 valence electrons. The molecule has 1 aromatic rings. The highest BCUT2D eigenvalue weighted by molar-refractivity contribution is 7.86. The van der Waals surface area contributed by atoms with Crippen LogP contribution in [0.1, 0.15) is 5.56 Å². The maximum Gasteiger partial charge on any atom is 0.297 e. The number of rotatable bonds is 3. The number of ether oxygens (including phenoxy) is 3. The Morgan fingerprint density at radius 2 is 1.48 bits per heavy atom. The highest BCUT2D eigenvalue weighted by Gasteiger charge is 2.62. The Morgan fingerprint density at radius 1 is 0.957 bits per heavy atom. The molecule has 8 nitrogen and oxygen atoms in total. The summed E-state index contributed by atoms with van der Waals surface area (Å²) in [5.41, 5.74) is 0.910. The van der Waals surface area contributed by atoms with Gasteiger partial charge in [0.2, 0.25) is 0 Å². The van der Waals surface area contributed by atoms with E-state index in [2.05, 4.69) is 0 Å². The number of aliphatic hydroxyl groups is 2. The summed E-state index contributed by atoms with van der Waals surface area (Å²) < 4.78 is 45.8. The van der Waals surface area contributed by atoms with Gasteiger partial charge in [0.05, 0.1) is 4.90 Å². The van der Waals surface area contributed by atoms with Crippen molar-refractivity contribution in [2.45, 2.75) is 54.9 Å². The number of benzene rings is 1. The zero-order chi connectivity index (χ0) is 16.4. The molecular formula is C14H16O8S. The van der Waals surface area contributed by atoms with Crippen molar-refractivity contribution < 1.29 is 37.0 Å². The van der Waals surface area contributed by atoms with E-state index < -0.39 is 53.2 Å². The van der Waals surface area contributed by atoms with Crippen molar-refractivity contribution in [2.75, 3.05) is 0 Å². The van der Waals surface area contributed by atoms with Crippen LogP contribution in [0.3, 0.4) is 0 Å². The third-order valence-corrected chi connectivity index (χ3v) is 5.67. The maximum absolute atomic E-state index is 12.4.